The van der Waals surface area contributed by atoms with Gasteiger partial charge in [0.1, 0.15) is 11.8 Å². The topological polar surface area (TPSA) is 58.6 Å². The third-order valence-electron chi connectivity index (χ3n) is 4.27. The van der Waals surface area contributed by atoms with Crippen molar-refractivity contribution in [3.63, 3.8) is 0 Å². The zero-order valence-corrected chi connectivity index (χ0v) is 18.3. The molecule has 0 saturated carbocycles. The Hall–Kier alpha value is -2.24. The van der Waals surface area contributed by atoms with E-state index < -0.39 is 6.04 Å². The summed E-state index contributed by atoms with van der Waals surface area (Å²) in [5.74, 6) is 0.339. The summed E-state index contributed by atoms with van der Waals surface area (Å²) in [6.45, 7) is 6.34. The third kappa shape index (κ3) is 7.59. The van der Waals surface area contributed by atoms with Crippen LogP contribution in [-0.2, 0) is 16.1 Å². The summed E-state index contributed by atoms with van der Waals surface area (Å²) < 4.78 is 5.59. The molecule has 0 unspecified atom stereocenters. The van der Waals surface area contributed by atoms with Gasteiger partial charge < -0.3 is 15.0 Å². The number of hydrogen-bond acceptors (Lipinski definition) is 3. The van der Waals surface area contributed by atoms with Gasteiger partial charge in [-0.2, -0.15) is 0 Å². The molecule has 1 atom stereocenters. The fourth-order valence-electron chi connectivity index (χ4n) is 2.63. The predicted octanol–water partition coefficient (Wildman–Crippen LogP) is 4.56. The zero-order valence-electron chi connectivity index (χ0n) is 16.8. The molecule has 0 aromatic heterocycles. The molecule has 0 aliphatic carbocycles. The SMILES string of the molecule is CC(C)CNC(=O)[C@H](C)N(Cc1cccc(Cl)c1)C(=O)COc1ccc(Cl)cc1. The Bertz CT molecular complexity index is 825. The summed E-state index contributed by atoms with van der Waals surface area (Å²) in [5, 5.41) is 4.04. The van der Waals surface area contributed by atoms with E-state index in [0.717, 1.165) is 5.56 Å². The number of hydrogen-bond donors (Lipinski definition) is 1. The lowest BCUT2D eigenvalue weighted by molar-refractivity contribution is -0.142. The number of ether oxygens (including phenoxy) is 1. The van der Waals surface area contributed by atoms with Gasteiger partial charge in [-0.1, -0.05) is 49.2 Å². The lowest BCUT2D eigenvalue weighted by Gasteiger charge is -2.29. The van der Waals surface area contributed by atoms with Crippen LogP contribution in [0.2, 0.25) is 10.0 Å². The van der Waals surface area contributed by atoms with Crippen LogP contribution in [0, 0.1) is 5.92 Å². The Kier molecular flexibility index (Phi) is 8.80. The number of nitrogens with zero attached hydrogens (tertiary/aromatic N) is 1. The van der Waals surface area contributed by atoms with Crippen LogP contribution in [0.25, 0.3) is 0 Å². The summed E-state index contributed by atoms with van der Waals surface area (Å²) in [6, 6.07) is 13.3. The fourth-order valence-corrected chi connectivity index (χ4v) is 2.96. The van der Waals surface area contributed by atoms with Crippen LogP contribution in [0.1, 0.15) is 26.3 Å². The molecule has 7 heteroatoms. The van der Waals surface area contributed by atoms with Gasteiger partial charge in [-0.3, -0.25) is 9.59 Å². The average molecular weight is 437 g/mol. The molecule has 2 aromatic carbocycles. The highest BCUT2D eigenvalue weighted by Crippen LogP contribution is 2.17. The molecule has 2 amide bonds. The van der Waals surface area contributed by atoms with Crippen molar-refractivity contribution in [1.82, 2.24) is 10.2 Å². The Balaban J connectivity index is 2.12. The first-order chi connectivity index (χ1) is 13.8. The summed E-state index contributed by atoms with van der Waals surface area (Å²) in [6.07, 6.45) is 0. The van der Waals surface area contributed by atoms with E-state index in [-0.39, 0.29) is 25.0 Å². The average Bonchev–Trinajstić information content (AvgIpc) is 2.69. The quantitative estimate of drug-likeness (QED) is 0.626. The number of halogens is 2. The maximum atomic E-state index is 12.9. The second-order valence-corrected chi connectivity index (χ2v) is 8.08. The lowest BCUT2D eigenvalue weighted by Crippen LogP contribution is -2.49. The fraction of sp³-hybridized carbons (Fsp3) is 0.364. The van der Waals surface area contributed by atoms with Gasteiger partial charge in [0, 0.05) is 23.1 Å². The largest absolute Gasteiger partial charge is 0.484 e. The van der Waals surface area contributed by atoms with Gasteiger partial charge >= 0.3 is 0 Å². The lowest BCUT2D eigenvalue weighted by atomic mass is 10.1. The standard InChI is InChI=1S/C22H26Cl2N2O3/c1-15(2)12-25-22(28)16(3)26(13-17-5-4-6-19(24)11-17)21(27)14-29-20-9-7-18(23)8-10-20/h4-11,15-16H,12-14H2,1-3H3,(H,25,28)/t16-/m0/s1. The van der Waals surface area contributed by atoms with Crippen LogP contribution in [0.5, 0.6) is 5.75 Å². The molecule has 0 heterocycles. The van der Waals surface area contributed by atoms with Crippen LogP contribution in [0.4, 0.5) is 0 Å². The highest BCUT2D eigenvalue weighted by atomic mass is 35.5. The van der Waals surface area contributed by atoms with Gasteiger partial charge in [-0.15, -0.1) is 0 Å². The first-order valence-electron chi connectivity index (χ1n) is 9.46. The molecule has 0 aliphatic heterocycles. The van der Waals surface area contributed by atoms with E-state index >= 15 is 0 Å². The second-order valence-electron chi connectivity index (χ2n) is 7.21. The van der Waals surface area contributed by atoms with E-state index in [4.69, 9.17) is 27.9 Å². The van der Waals surface area contributed by atoms with Crippen molar-refractivity contribution < 1.29 is 14.3 Å². The van der Waals surface area contributed by atoms with E-state index in [1.807, 2.05) is 26.0 Å². The van der Waals surface area contributed by atoms with Gasteiger partial charge in [-0.05, 0) is 54.8 Å². The van der Waals surface area contributed by atoms with Crippen LogP contribution in [0.15, 0.2) is 48.5 Å². The minimum absolute atomic E-state index is 0.190. The van der Waals surface area contributed by atoms with Crippen molar-refractivity contribution in [2.45, 2.75) is 33.4 Å². The maximum absolute atomic E-state index is 12.9. The minimum Gasteiger partial charge on any atom is -0.484 e. The van der Waals surface area contributed by atoms with Crippen LogP contribution in [-0.4, -0.2) is 35.9 Å². The van der Waals surface area contributed by atoms with Crippen molar-refractivity contribution in [3.8, 4) is 5.75 Å². The smallest absolute Gasteiger partial charge is 0.261 e. The zero-order chi connectivity index (χ0) is 21.4. The molecule has 156 valence electrons. The van der Waals surface area contributed by atoms with Gasteiger partial charge in [0.25, 0.3) is 5.91 Å². The number of benzene rings is 2. The van der Waals surface area contributed by atoms with Crippen molar-refractivity contribution >= 4 is 35.0 Å². The van der Waals surface area contributed by atoms with Gasteiger partial charge in [0.15, 0.2) is 6.61 Å². The summed E-state index contributed by atoms with van der Waals surface area (Å²) in [7, 11) is 0. The molecule has 0 saturated heterocycles. The Morgan fingerprint density at radius 1 is 1.03 bits per heavy atom. The highest BCUT2D eigenvalue weighted by molar-refractivity contribution is 6.30. The number of amides is 2. The van der Waals surface area contributed by atoms with Crippen molar-refractivity contribution in [2.75, 3.05) is 13.2 Å². The summed E-state index contributed by atoms with van der Waals surface area (Å²) in [4.78, 5) is 27.0. The molecule has 0 radical (unpaired) electrons. The maximum Gasteiger partial charge on any atom is 0.261 e. The summed E-state index contributed by atoms with van der Waals surface area (Å²) in [5.41, 5.74) is 0.834. The van der Waals surface area contributed by atoms with E-state index in [9.17, 15) is 9.59 Å². The predicted molar refractivity (Wildman–Crippen MR) is 116 cm³/mol. The first-order valence-corrected chi connectivity index (χ1v) is 10.2. The van der Waals surface area contributed by atoms with Crippen molar-refractivity contribution in [1.29, 1.82) is 0 Å². The molecular formula is C22H26Cl2N2O3. The molecule has 0 spiro atoms. The van der Waals surface area contributed by atoms with E-state index in [2.05, 4.69) is 5.32 Å². The molecule has 0 bridgehead atoms. The molecule has 2 aromatic rings. The minimum atomic E-state index is -0.658. The first kappa shape index (κ1) is 23.0. The molecule has 2 rings (SSSR count). The normalized spacial score (nSPS) is 11.8. The molecule has 0 fully saturated rings. The van der Waals surface area contributed by atoms with Crippen LogP contribution in [0.3, 0.4) is 0 Å². The molecule has 29 heavy (non-hydrogen) atoms. The number of carbonyl (C=O) groups excluding carboxylic acids is 2. The van der Waals surface area contributed by atoms with Gasteiger partial charge in [-0.25, -0.2) is 0 Å². The molecule has 1 N–H and O–H groups in total. The highest BCUT2D eigenvalue weighted by Gasteiger charge is 2.26. The van der Waals surface area contributed by atoms with E-state index in [0.29, 0.717) is 28.3 Å². The number of rotatable bonds is 9. The number of nitrogens with one attached hydrogen (secondary N) is 1. The number of carbonyl (C=O) groups is 2. The summed E-state index contributed by atoms with van der Waals surface area (Å²) >= 11 is 11.9. The van der Waals surface area contributed by atoms with E-state index in [1.165, 1.54) is 4.90 Å². The van der Waals surface area contributed by atoms with Crippen LogP contribution >= 0.6 is 23.2 Å². The molecular weight excluding hydrogens is 411 g/mol. The van der Waals surface area contributed by atoms with Gasteiger partial charge in [0.2, 0.25) is 5.91 Å². The second kappa shape index (κ2) is 11.1. The van der Waals surface area contributed by atoms with Crippen LogP contribution < -0.4 is 10.1 Å². The van der Waals surface area contributed by atoms with Gasteiger partial charge in [0.05, 0.1) is 0 Å². The van der Waals surface area contributed by atoms with Crippen molar-refractivity contribution in [2.24, 2.45) is 5.92 Å². The monoisotopic (exact) mass is 436 g/mol. The Morgan fingerprint density at radius 2 is 1.72 bits per heavy atom. The molecule has 0 aliphatic rings. The molecule has 5 nitrogen and oxygen atoms in total. The Morgan fingerprint density at radius 3 is 2.34 bits per heavy atom. The van der Waals surface area contributed by atoms with E-state index in [1.54, 1.807) is 43.3 Å². The van der Waals surface area contributed by atoms with Crippen molar-refractivity contribution in [3.05, 3.63) is 64.1 Å². The Labute approximate surface area is 181 Å². The third-order valence-corrected chi connectivity index (χ3v) is 4.76.